The maximum Gasteiger partial charge on any atom is 0.343 e. The van der Waals surface area contributed by atoms with Gasteiger partial charge >= 0.3 is 5.63 Å². The van der Waals surface area contributed by atoms with E-state index < -0.39 is 11.7 Å². The monoisotopic (exact) mass is 495 g/mol. The number of hydrogen-bond acceptors (Lipinski definition) is 9. The van der Waals surface area contributed by atoms with Gasteiger partial charge in [0.2, 0.25) is 0 Å². The number of rotatable bonds is 4. The van der Waals surface area contributed by atoms with Crippen LogP contribution in [0.1, 0.15) is 30.7 Å². The summed E-state index contributed by atoms with van der Waals surface area (Å²) in [6.45, 7) is 3.62. The summed E-state index contributed by atoms with van der Waals surface area (Å²) in [6, 6.07) is 8.57. The second-order valence-electron chi connectivity index (χ2n) is 9.27. The van der Waals surface area contributed by atoms with E-state index in [0.717, 1.165) is 36.0 Å². The summed E-state index contributed by atoms with van der Waals surface area (Å²) in [5.74, 6) is 0.752. The molecule has 1 unspecified atom stereocenters. The third kappa shape index (κ3) is 3.82. The molecule has 0 bridgehead atoms. The van der Waals surface area contributed by atoms with Crippen LogP contribution in [-0.4, -0.2) is 54.9 Å². The molecule has 37 heavy (non-hydrogen) atoms. The predicted molar refractivity (Wildman–Crippen MR) is 141 cm³/mol. The third-order valence-corrected chi connectivity index (χ3v) is 6.86. The lowest BCUT2D eigenvalue weighted by molar-refractivity contribution is 0.368. The molecule has 1 aliphatic rings. The lowest BCUT2D eigenvalue weighted by Gasteiger charge is -2.25. The molecule has 1 atom stereocenters. The van der Waals surface area contributed by atoms with E-state index in [-0.39, 0.29) is 11.6 Å². The fourth-order valence-corrected chi connectivity index (χ4v) is 4.98. The lowest BCUT2D eigenvalue weighted by Crippen LogP contribution is -2.24. The predicted octanol–water partition coefficient (Wildman–Crippen LogP) is 3.61. The van der Waals surface area contributed by atoms with Crippen LogP contribution in [-0.2, 0) is 0 Å². The van der Waals surface area contributed by atoms with E-state index in [0.29, 0.717) is 33.4 Å². The average Bonchev–Trinajstić information content (AvgIpc) is 3.30. The first kappa shape index (κ1) is 22.9. The number of fused-ring (bicyclic) bond motifs is 2. The number of aromatic nitrogens is 5. The number of nitrogens with zero attached hydrogens (tertiary/aromatic N) is 6. The number of pyridine rings is 1. The molecule has 0 saturated heterocycles. The molecule has 10 nitrogen and oxygen atoms in total. The van der Waals surface area contributed by atoms with E-state index in [4.69, 9.17) is 15.2 Å². The largest absolute Gasteiger partial charge is 0.506 e. The molecule has 186 valence electrons. The zero-order valence-corrected chi connectivity index (χ0v) is 20.4. The van der Waals surface area contributed by atoms with Crippen molar-refractivity contribution in [1.29, 1.82) is 0 Å². The molecule has 0 spiro atoms. The second-order valence-corrected chi connectivity index (χ2v) is 9.27. The minimum Gasteiger partial charge on any atom is -0.506 e. The van der Waals surface area contributed by atoms with Crippen LogP contribution in [0.5, 0.6) is 5.75 Å². The van der Waals surface area contributed by atoms with Gasteiger partial charge in [0.15, 0.2) is 5.65 Å². The minimum absolute atomic E-state index is 0.000634. The van der Waals surface area contributed by atoms with Gasteiger partial charge in [-0.3, -0.25) is 4.98 Å². The highest BCUT2D eigenvalue weighted by atomic mass is 16.4. The number of nitrogens with two attached hydrogens (primary N) is 1. The summed E-state index contributed by atoms with van der Waals surface area (Å²) >= 11 is 0. The Balaban J connectivity index is 1.61. The Morgan fingerprint density at radius 3 is 2.73 bits per heavy atom. The Hall–Kier alpha value is -4.57. The van der Waals surface area contributed by atoms with E-state index in [2.05, 4.69) is 33.0 Å². The lowest BCUT2D eigenvalue weighted by atomic mass is 9.92. The van der Waals surface area contributed by atoms with Gasteiger partial charge in [-0.25, -0.2) is 19.4 Å². The molecule has 1 aromatic carbocycles. The molecule has 0 saturated carbocycles. The van der Waals surface area contributed by atoms with Gasteiger partial charge in [-0.05, 0) is 43.5 Å². The SMILES string of the molecule is CC(c1oc(=O)c2ccccc2c1C1=CCN(C)CC1)n1nc(-c2cncc(O)c2)c2c(N)ncnc21. The molecule has 10 heteroatoms. The van der Waals surface area contributed by atoms with Gasteiger partial charge < -0.3 is 20.2 Å². The van der Waals surface area contributed by atoms with Gasteiger partial charge in [-0.2, -0.15) is 5.10 Å². The number of nitrogen functional groups attached to an aromatic ring is 1. The standard InChI is InChI=1S/C27H25N7O3/c1-15(34-26-22(25(28)30-14-31-26)23(32-34)17-11-18(35)13-29-12-17)24-21(16-7-9-33(2)10-8-16)19-5-3-4-6-20(19)27(36)37-24/h3-7,11-15,35H,8-10H2,1-2H3,(H2,28,30,31). The highest BCUT2D eigenvalue weighted by Crippen LogP contribution is 2.38. The van der Waals surface area contributed by atoms with Gasteiger partial charge in [-0.15, -0.1) is 0 Å². The zero-order valence-electron chi connectivity index (χ0n) is 20.4. The topological polar surface area (TPSA) is 136 Å². The first-order chi connectivity index (χ1) is 17.9. The van der Waals surface area contributed by atoms with Crippen LogP contribution in [0.2, 0.25) is 0 Å². The van der Waals surface area contributed by atoms with Crippen molar-refractivity contribution >= 4 is 33.2 Å². The Labute approximate surface area is 211 Å². The smallest absolute Gasteiger partial charge is 0.343 e. The Morgan fingerprint density at radius 2 is 1.97 bits per heavy atom. The highest BCUT2D eigenvalue weighted by Gasteiger charge is 2.28. The maximum atomic E-state index is 13.1. The average molecular weight is 496 g/mol. The van der Waals surface area contributed by atoms with Crippen molar-refractivity contribution in [1.82, 2.24) is 29.6 Å². The molecule has 6 rings (SSSR count). The zero-order chi connectivity index (χ0) is 25.7. The first-order valence-electron chi connectivity index (χ1n) is 12.0. The molecular weight excluding hydrogens is 470 g/mol. The Kier molecular flexibility index (Phi) is 5.45. The van der Waals surface area contributed by atoms with Crippen molar-refractivity contribution in [3.63, 3.8) is 0 Å². The van der Waals surface area contributed by atoms with Crippen LogP contribution in [0.3, 0.4) is 0 Å². The van der Waals surface area contributed by atoms with Gasteiger partial charge in [0.1, 0.15) is 35.4 Å². The Morgan fingerprint density at radius 1 is 1.16 bits per heavy atom. The molecule has 0 fully saturated rings. The van der Waals surface area contributed by atoms with Gasteiger partial charge in [0, 0.05) is 30.4 Å². The first-order valence-corrected chi connectivity index (χ1v) is 12.0. The fraction of sp³-hybridized carbons (Fsp3) is 0.222. The van der Waals surface area contributed by atoms with Crippen molar-refractivity contribution in [2.24, 2.45) is 0 Å². The summed E-state index contributed by atoms with van der Waals surface area (Å²) < 4.78 is 7.73. The third-order valence-electron chi connectivity index (χ3n) is 6.86. The molecule has 3 N–H and O–H groups in total. The van der Waals surface area contributed by atoms with Gasteiger partial charge in [0.05, 0.1) is 17.0 Å². The normalized spacial score (nSPS) is 15.2. The second kappa shape index (κ2) is 8.82. The van der Waals surface area contributed by atoms with Gasteiger partial charge in [0.25, 0.3) is 0 Å². The van der Waals surface area contributed by atoms with Crippen molar-refractivity contribution < 1.29 is 9.52 Å². The number of hydrogen-bond donors (Lipinski definition) is 2. The highest BCUT2D eigenvalue weighted by molar-refractivity contribution is 5.98. The van der Waals surface area contributed by atoms with Crippen LogP contribution < -0.4 is 11.4 Å². The summed E-state index contributed by atoms with van der Waals surface area (Å²) in [5.41, 5.74) is 9.42. The minimum atomic E-state index is -0.510. The molecule has 4 aromatic heterocycles. The van der Waals surface area contributed by atoms with Crippen LogP contribution in [0.4, 0.5) is 5.82 Å². The van der Waals surface area contributed by atoms with Crippen LogP contribution >= 0.6 is 0 Å². The molecule has 0 radical (unpaired) electrons. The molecule has 1 aliphatic heterocycles. The van der Waals surface area contributed by atoms with E-state index in [9.17, 15) is 9.90 Å². The van der Waals surface area contributed by atoms with E-state index >= 15 is 0 Å². The fourth-order valence-electron chi connectivity index (χ4n) is 4.98. The molecule has 0 amide bonds. The maximum absolute atomic E-state index is 13.1. The quantitative estimate of drug-likeness (QED) is 0.383. The van der Waals surface area contributed by atoms with Crippen molar-refractivity contribution in [3.05, 3.63) is 76.9 Å². The van der Waals surface area contributed by atoms with Crippen molar-refractivity contribution in [3.8, 4) is 17.0 Å². The molecular formula is C27H25N7O3. The number of likely N-dealkylation sites (N-methyl/N-ethyl adjacent to an activating group) is 1. The molecule has 0 aliphatic carbocycles. The van der Waals surface area contributed by atoms with Crippen molar-refractivity contribution in [2.45, 2.75) is 19.4 Å². The number of anilines is 1. The Bertz CT molecular complexity index is 1750. The van der Waals surface area contributed by atoms with Crippen LogP contribution in [0, 0.1) is 0 Å². The molecule has 5 heterocycles. The summed E-state index contributed by atoms with van der Waals surface area (Å²) in [6.07, 6.45) is 7.32. The summed E-state index contributed by atoms with van der Waals surface area (Å²) in [4.78, 5) is 28.1. The summed E-state index contributed by atoms with van der Waals surface area (Å²) in [7, 11) is 2.08. The molecule has 5 aromatic rings. The van der Waals surface area contributed by atoms with Crippen molar-refractivity contribution in [2.75, 3.05) is 25.9 Å². The van der Waals surface area contributed by atoms with E-state index in [1.807, 2.05) is 25.1 Å². The van der Waals surface area contributed by atoms with Gasteiger partial charge in [-0.1, -0.05) is 24.3 Å². The van der Waals surface area contributed by atoms with E-state index in [1.54, 1.807) is 23.0 Å². The van der Waals surface area contributed by atoms with E-state index in [1.165, 1.54) is 12.5 Å². The van der Waals surface area contributed by atoms with Crippen LogP contribution in [0.15, 0.2) is 64.3 Å². The number of aromatic hydroxyl groups is 1. The summed E-state index contributed by atoms with van der Waals surface area (Å²) in [5, 5.41) is 16.8. The number of benzene rings is 1. The van der Waals surface area contributed by atoms with Crippen LogP contribution in [0.25, 0.3) is 38.6 Å².